The first-order chi connectivity index (χ1) is 20.4. The summed E-state index contributed by atoms with van der Waals surface area (Å²) in [6, 6.07) is 4.02. The van der Waals surface area contributed by atoms with E-state index >= 15 is 0 Å². The minimum Gasteiger partial charge on any atom is -0.493 e. The zero-order chi connectivity index (χ0) is 34.7. The van der Waals surface area contributed by atoms with Gasteiger partial charge in [-0.25, -0.2) is 9.36 Å². The first-order valence-electron chi connectivity index (χ1n) is 15.9. The number of rotatable bonds is 17. The Morgan fingerprint density at radius 3 is 1.91 bits per heavy atom. The summed E-state index contributed by atoms with van der Waals surface area (Å²) in [6.07, 6.45) is -0.0453. The van der Waals surface area contributed by atoms with Gasteiger partial charge in [-0.05, 0) is 106 Å². The number of carbonyl (C=O) groups excluding carboxylic acids is 1. The van der Waals surface area contributed by atoms with Crippen molar-refractivity contribution in [1.82, 2.24) is 5.32 Å². The van der Waals surface area contributed by atoms with Crippen molar-refractivity contribution >= 4 is 13.9 Å². The quantitative estimate of drug-likeness (QED) is 0.131. The highest BCUT2D eigenvalue weighted by Crippen LogP contribution is 2.56. The van der Waals surface area contributed by atoms with Gasteiger partial charge in [0.2, 0.25) is 0 Å². The van der Waals surface area contributed by atoms with E-state index in [0.29, 0.717) is 12.0 Å². The monoisotopic (exact) mass is 667 g/mol. The molecule has 1 aromatic rings. The van der Waals surface area contributed by atoms with Gasteiger partial charge in [0.05, 0.1) is 35.5 Å². The van der Waals surface area contributed by atoms with Crippen molar-refractivity contribution in [3.63, 3.8) is 0 Å². The molecule has 1 atom stereocenters. The second kappa shape index (κ2) is 16.8. The number of halogens is 3. The molecule has 12 heteroatoms. The first-order valence-corrected chi connectivity index (χ1v) is 17.4. The lowest BCUT2D eigenvalue weighted by molar-refractivity contribution is -0.139. The zero-order valence-electron chi connectivity index (χ0n) is 29.2. The van der Waals surface area contributed by atoms with Crippen molar-refractivity contribution in [2.75, 3.05) is 13.2 Å². The predicted molar refractivity (Wildman–Crippen MR) is 172 cm³/mol. The fourth-order valence-electron chi connectivity index (χ4n) is 4.35. The predicted octanol–water partition coefficient (Wildman–Crippen LogP) is 10.4. The Morgan fingerprint density at radius 1 is 0.844 bits per heavy atom. The van der Waals surface area contributed by atoms with Gasteiger partial charge in [0.25, 0.3) is 0 Å². The van der Waals surface area contributed by atoms with Crippen LogP contribution in [0.2, 0.25) is 0 Å². The van der Waals surface area contributed by atoms with Crippen LogP contribution in [0.5, 0.6) is 5.75 Å². The Balaban J connectivity index is 3.32. The molecule has 0 heterocycles. The van der Waals surface area contributed by atoms with E-state index in [2.05, 4.69) is 12.2 Å². The molecule has 8 nitrogen and oxygen atoms in total. The molecule has 0 spiro atoms. The summed E-state index contributed by atoms with van der Waals surface area (Å²) in [5, 5.41) is 2.84. The molecule has 0 saturated heterocycles. The molecule has 0 aromatic heterocycles. The maximum absolute atomic E-state index is 14.1. The van der Waals surface area contributed by atoms with Crippen molar-refractivity contribution in [3.8, 4) is 5.75 Å². The average molecular weight is 668 g/mol. The van der Waals surface area contributed by atoms with Gasteiger partial charge in [-0.1, -0.05) is 45.6 Å². The van der Waals surface area contributed by atoms with Gasteiger partial charge in [-0.3, -0.25) is 13.6 Å². The van der Waals surface area contributed by atoms with Crippen LogP contribution < -0.4 is 10.1 Å². The summed E-state index contributed by atoms with van der Waals surface area (Å²) in [6.45, 7) is 19.2. The number of benzene rings is 1. The molecule has 0 saturated carbocycles. The SMILES string of the molecule is CCCCCCCOc1ccc(CCC(CC)(COP(=O)(OC(C)(C)C)OC(C)(C)C)NC(=O)OC(C)(C)C)cc1C(F)(F)F. The van der Waals surface area contributed by atoms with Crippen LogP contribution in [0.3, 0.4) is 0 Å². The third kappa shape index (κ3) is 17.1. The lowest BCUT2D eigenvalue weighted by Gasteiger charge is -2.37. The van der Waals surface area contributed by atoms with E-state index in [1.54, 1.807) is 75.3 Å². The zero-order valence-corrected chi connectivity index (χ0v) is 30.1. The number of hydrogen-bond acceptors (Lipinski definition) is 7. The Hall–Kier alpha value is -1.81. The molecule has 0 fully saturated rings. The number of alkyl carbamates (subject to hydrolysis) is 1. The molecule has 0 aliphatic carbocycles. The van der Waals surface area contributed by atoms with E-state index in [4.69, 9.17) is 23.0 Å². The highest BCUT2D eigenvalue weighted by molar-refractivity contribution is 7.48. The van der Waals surface area contributed by atoms with E-state index in [9.17, 15) is 22.5 Å². The summed E-state index contributed by atoms with van der Waals surface area (Å²) in [7, 11) is -4.17. The molecule has 262 valence electrons. The van der Waals surface area contributed by atoms with Crippen molar-refractivity contribution in [1.29, 1.82) is 0 Å². The Kier molecular flexibility index (Phi) is 15.4. The molecule has 1 rings (SSSR count). The molecular formula is C33H57F3NO7P. The topological polar surface area (TPSA) is 92.3 Å². The van der Waals surface area contributed by atoms with Crippen LogP contribution >= 0.6 is 7.82 Å². The Bertz CT molecular complexity index is 1090. The summed E-state index contributed by atoms with van der Waals surface area (Å²) < 4.78 is 84.4. The fourth-order valence-corrected chi connectivity index (χ4v) is 6.24. The Morgan fingerprint density at radius 2 is 1.42 bits per heavy atom. The van der Waals surface area contributed by atoms with Crippen LogP contribution in [0, 0.1) is 0 Å². The minimum absolute atomic E-state index is 0.137. The van der Waals surface area contributed by atoms with Crippen molar-refractivity contribution in [2.45, 2.75) is 156 Å². The number of phosphoric acid groups is 1. The second-order valence-electron chi connectivity index (χ2n) is 14.5. The van der Waals surface area contributed by atoms with Crippen LogP contribution in [0.25, 0.3) is 0 Å². The fraction of sp³-hybridized carbons (Fsp3) is 0.788. The minimum atomic E-state index is -4.62. The maximum atomic E-state index is 14.1. The molecule has 1 N–H and O–H groups in total. The molecule has 1 aromatic carbocycles. The number of aryl methyl sites for hydroxylation is 1. The number of nitrogens with one attached hydrogen (secondary N) is 1. The van der Waals surface area contributed by atoms with E-state index < -0.39 is 48.0 Å². The molecule has 0 aliphatic heterocycles. The summed E-state index contributed by atoms with van der Waals surface area (Å²) in [5.41, 5.74) is -4.23. The molecule has 0 radical (unpaired) electrons. The van der Waals surface area contributed by atoms with Crippen molar-refractivity contribution in [2.24, 2.45) is 0 Å². The third-order valence-corrected chi connectivity index (χ3v) is 8.45. The number of alkyl halides is 3. The number of carbonyl (C=O) groups is 1. The van der Waals surface area contributed by atoms with Crippen molar-refractivity contribution in [3.05, 3.63) is 29.3 Å². The highest BCUT2D eigenvalue weighted by atomic mass is 31.2. The smallest absolute Gasteiger partial charge is 0.475 e. The van der Waals surface area contributed by atoms with Crippen LogP contribution in [-0.2, 0) is 35.5 Å². The van der Waals surface area contributed by atoms with Crippen LogP contribution in [-0.4, -0.2) is 41.6 Å². The number of amides is 1. The number of phosphoric ester groups is 1. The highest BCUT2D eigenvalue weighted by Gasteiger charge is 2.42. The average Bonchev–Trinajstić information content (AvgIpc) is 2.84. The molecule has 0 bridgehead atoms. The van der Waals surface area contributed by atoms with Gasteiger partial charge < -0.3 is 14.8 Å². The van der Waals surface area contributed by atoms with Crippen LogP contribution in [0.4, 0.5) is 18.0 Å². The number of ether oxygens (including phenoxy) is 2. The van der Waals surface area contributed by atoms with E-state index in [1.807, 2.05) is 0 Å². The van der Waals surface area contributed by atoms with Crippen LogP contribution in [0.15, 0.2) is 18.2 Å². The molecule has 45 heavy (non-hydrogen) atoms. The van der Waals surface area contributed by atoms with E-state index in [1.165, 1.54) is 6.07 Å². The Labute approximate surface area is 269 Å². The van der Waals surface area contributed by atoms with Crippen molar-refractivity contribution < 1.29 is 45.6 Å². The standard InChI is InChI=1S/C33H57F3NO7P/c1-12-14-15-16-17-22-40-27-19-18-25(23-26(27)33(34,35)36)20-21-32(13-2,37-28(38)42-29(3,4)5)24-41-45(39,43-30(6,7)8)44-31(9,10)11/h18-19,23H,12-17,20-22,24H2,1-11H3,(H,37,38). The molecule has 1 amide bonds. The number of unbranched alkanes of at least 4 members (excludes halogenated alkanes) is 4. The van der Waals surface area contributed by atoms with Gasteiger partial charge in [0, 0.05) is 0 Å². The second-order valence-corrected chi connectivity index (χ2v) is 16.0. The van der Waals surface area contributed by atoms with Crippen LogP contribution in [0.1, 0.15) is 132 Å². The maximum Gasteiger partial charge on any atom is 0.475 e. The molecular weight excluding hydrogens is 610 g/mol. The summed E-state index contributed by atoms with van der Waals surface area (Å²) in [5.74, 6) is -0.210. The van der Waals surface area contributed by atoms with Gasteiger partial charge >= 0.3 is 20.1 Å². The van der Waals surface area contributed by atoms with E-state index in [0.717, 1.165) is 31.7 Å². The van der Waals surface area contributed by atoms with Gasteiger partial charge in [-0.2, -0.15) is 13.2 Å². The molecule has 1 unspecified atom stereocenters. The first kappa shape index (κ1) is 41.2. The normalized spacial score (nSPS) is 14.6. The number of hydrogen-bond donors (Lipinski definition) is 1. The largest absolute Gasteiger partial charge is 0.493 e. The van der Waals surface area contributed by atoms with Gasteiger partial charge in [0.1, 0.15) is 11.4 Å². The summed E-state index contributed by atoms with van der Waals surface area (Å²) in [4.78, 5) is 13.0. The lowest BCUT2D eigenvalue weighted by Crippen LogP contribution is -2.53. The lowest BCUT2D eigenvalue weighted by atomic mass is 9.89. The van der Waals surface area contributed by atoms with E-state index in [-0.39, 0.29) is 38.2 Å². The van der Waals surface area contributed by atoms with Gasteiger partial charge in [-0.15, -0.1) is 0 Å². The third-order valence-electron chi connectivity index (χ3n) is 6.46. The summed E-state index contributed by atoms with van der Waals surface area (Å²) >= 11 is 0. The van der Waals surface area contributed by atoms with Gasteiger partial charge in [0.15, 0.2) is 0 Å². The molecule has 0 aliphatic rings.